The summed E-state index contributed by atoms with van der Waals surface area (Å²) in [7, 11) is 0. The van der Waals surface area contributed by atoms with Gasteiger partial charge in [-0.2, -0.15) is 0 Å². The third-order valence-electron chi connectivity index (χ3n) is 6.06. The molecule has 0 aromatic heterocycles. The Morgan fingerprint density at radius 1 is 0.906 bits per heavy atom. The summed E-state index contributed by atoms with van der Waals surface area (Å²) < 4.78 is 27.4. The van der Waals surface area contributed by atoms with E-state index in [2.05, 4.69) is 53.2 Å². The Labute approximate surface area is 198 Å². The Morgan fingerprint density at radius 3 is 2.38 bits per heavy atom. The molecule has 3 aromatic carbocycles. The molecule has 0 aliphatic heterocycles. The van der Waals surface area contributed by atoms with Crippen LogP contribution in [0.25, 0.3) is 11.1 Å². The summed E-state index contributed by atoms with van der Waals surface area (Å²) >= 11 is 3.47. The second-order valence-corrected chi connectivity index (χ2v) is 9.45. The molecule has 0 heterocycles. The van der Waals surface area contributed by atoms with Crippen LogP contribution >= 0.6 is 15.9 Å². The van der Waals surface area contributed by atoms with Crippen molar-refractivity contribution in [1.82, 2.24) is 0 Å². The zero-order valence-electron chi connectivity index (χ0n) is 18.5. The fourth-order valence-electron chi connectivity index (χ4n) is 4.34. The van der Waals surface area contributed by atoms with Gasteiger partial charge in [-0.05, 0) is 90.8 Å². The smallest absolute Gasteiger partial charge is 0.123 e. The van der Waals surface area contributed by atoms with Crippen molar-refractivity contribution in [2.45, 2.75) is 64.3 Å². The summed E-state index contributed by atoms with van der Waals surface area (Å²) in [6.45, 7) is 2.82. The van der Waals surface area contributed by atoms with E-state index in [1.807, 2.05) is 18.2 Å². The van der Waals surface area contributed by atoms with Gasteiger partial charge in [-0.1, -0.05) is 59.6 Å². The first-order chi connectivity index (χ1) is 15.6. The van der Waals surface area contributed by atoms with Crippen LogP contribution < -0.4 is 4.74 Å². The van der Waals surface area contributed by atoms with E-state index in [1.165, 1.54) is 17.2 Å². The van der Waals surface area contributed by atoms with Crippen LogP contribution in [-0.2, 0) is 17.8 Å². The topological polar surface area (TPSA) is 18.5 Å². The molecule has 1 saturated carbocycles. The van der Waals surface area contributed by atoms with E-state index < -0.39 is 0 Å². The average Bonchev–Trinajstić information content (AvgIpc) is 2.81. The molecule has 1 fully saturated rings. The quantitative estimate of drug-likeness (QED) is 0.313. The van der Waals surface area contributed by atoms with Gasteiger partial charge in [-0.25, -0.2) is 4.39 Å². The zero-order valence-corrected chi connectivity index (χ0v) is 20.1. The summed E-state index contributed by atoms with van der Waals surface area (Å²) in [6, 6.07) is 21.4. The molecule has 0 radical (unpaired) electrons. The molecular weight excluding hydrogens is 467 g/mol. The minimum absolute atomic E-state index is 0.194. The maximum absolute atomic E-state index is 13.8. The SMILES string of the molecule is CCCc1ccc(OC2CCC(OCc3ccc(Br)cc3)CC2)cc1-c1cccc(F)c1. The van der Waals surface area contributed by atoms with Crippen LogP contribution in [0, 0.1) is 5.82 Å². The van der Waals surface area contributed by atoms with Crippen LogP contribution in [0.15, 0.2) is 71.2 Å². The van der Waals surface area contributed by atoms with E-state index in [1.54, 1.807) is 12.1 Å². The largest absolute Gasteiger partial charge is 0.490 e. The maximum Gasteiger partial charge on any atom is 0.123 e. The van der Waals surface area contributed by atoms with E-state index in [-0.39, 0.29) is 18.0 Å². The van der Waals surface area contributed by atoms with Gasteiger partial charge in [0.1, 0.15) is 11.6 Å². The zero-order chi connectivity index (χ0) is 22.3. The van der Waals surface area contributed by atoms with Crippen molar-refractivity contribution >= 4 is 15.9 Å². The number of aryl methyl sites for hydroxylation is 1. The predicted molar refractivity (Wildman–Crippen MR) is 131 cm³/mol. The number of hydrogen-bond donors (Lipinski definition) is 0. The highest BCUT2D eigenvalue weighted by molar-refractivity contribution is 9.10. The van der Waals surface area contributed by atoms with Crippen molar-refractivity contribution in [2.75, 3.05) is 0 Å². The highest BCUT2D eigenvalue weighted by Crippen LogP contribution is 2.32. The van der Waals surface area contributed by atoms with Crippen molar-refractivity contribution in [1.29, 1.82) is 0 Å². The lowest BCUT2D eigenvalue weighted by atomic mass is 9.94. The molecule has 0 saturated heterocycles. The van der Waals surface area contributed by atoms with E-state index in [9.17, 15) is 4.39 Å². The Morgan fingerprint density at radius 2 is 1.66 bits per heavy atom. The molecule has 0 bridgehead atoms. The minimum Gasteiger partial charge on any atom is -0.490 e. The van der Waals surface area contributed by atoms with Crippen molar-refractivity contribution in [3.63, 3.8) is 0 Å². The van der Waals surface area contributed by atoms with E-state index in [4.69, 9.17) is 9.47 Å². The Kier molecular flexibility index (Phi) is 7.99. The van der Waals surface area contributed by atoms with Gasteiger partial charge in [0.05, 0.1) is 18.8 Å². The first-order valence-electron chi connectivity index (χ1n) is 11.5. The molecule has 0 unspecified atom stereocenters. The molecule has 3 aromatic rings. The minimum atomic E-state index is -0.210. The van der Waals surface area contributed by atoms with Gasteiger partial charge < -0.3 is 9.47 Å². The summed E-state index contributed by atoms with van der Waals surface area (Å²) in [4.78, 5) is 0. The Bertz CT molecular complexity index is 1010. The van der Waals surface area contributed by atoms with E-state index >= 15 is 0 Å². The van der Waals surface area contributed by atoms with Crippen LogP contribution in [0.1, 0.15) is 50.2 Å². The number of halogens is 2. The molecule has 0 atom stereocenters. The Hall–Kier alpha value is -2.17. The van der Waals surface area contributed by atoms with Crippen LogP contribution in [0.5, 0.6) is 5.75 Å². The van der Waals surface area contributed by atoms with Crippen LogP contribution in [0.3, 0.4) is 0 Å². The van der Waals surface area contributed by atoms with Crippen LogP contribution in [0.4, 0.5) is 4.39 Å². The predicted octanol–water partition coefficient (Wildman–Crippen LogP) is 8.11. The van der Waals surface area contributed by atoms with Crippen LogP contribution in [0.2, 0.25) is 0 Å². The Balaban J connectivity index is 1.35. The van der Waals surface area contributed by atoms with Crippen molar-refractivity contribution in [3.8, 4) is 16.9 Å². The van der Waals surface area contributed by atoms with Gasteiger partial charge >= 0.3 is 0 Å². The maximum atomic E-state index is 13.8. The van der Waals surface area contributed by atoms with Crippen molar-refractivity contribution < 1.29 is 13.9 Å². The standard InChI is InChI=1S/C28H30BrFO2/c1-2-4-21-9-12-27(18-28(21)22-5-3-6-24(30)17-22)32-26-15-13-25(14-16-26)31-19-20-7-10-23(29)11-8-20/h3,5-12,17-18,25-26H,2,4,13-16,19H2,1H3. The molecule has 4 heteroatoms. The first kappa shape index (κ1) is 23.0. The molecule has 0 spiro atoms. The monoisotopic (exact) mass is 496 g/mol. The van der Waals surface area contributed by atoms with Gasteiger partial charge in [-0.3, -0.25) is 0 Å². The summed E-state index contributed by atoms with van der Waals surface area (Å²) in [5.74, 6) is 0.654. The highest BCUT2D eigenvalue weighted by atomic mass is 79.9. The van der Waals surface area contributed by atoms with Gasteiger partial charge in [0.15, 0.2) is 0 Å². The number of rotatable bonds is 8. The van der Waals surface area contributed by atoms with Gasteiger partial charge in [0.2, 0.25) is 0 Å². The van der Waals surface area contributed by atoms with Crippen molar-refractivity contribution in [2.24, 2.45) is 0 Å². The lowest BCUT2D eigenvalue weighted by Crippen LogP contribution is -2.28. The average molecular weight is 497 g/mol. The summed E-state index contributed by atoms with van der Waals surface area (Å²) in [5, 5.41) is 0. The van der Waals surface area contributed by atoms with Gasteiger partial charge in [0.25, 0.3) is 0 Å². The van der Waals surface area contributed by atoms with Gasteiger partial charge in [0, 0.05) is 4.47 Å². The highest BCUT2D eigenvalue weighted by Gasteiger charge is 2.23. The molecule has 0 N–H and O–H groups in total. The summed E-state index contributed by atoms with van der Waals surface area (Å²) in [5.41, 5.74) is 4.40. The first-order valence-corrected chi connectivity index (χ1v) is 12.3. The molecule has 1 aliphatic rings. The molecular formula is C28H30BrFO2. The number of ether oxygens (including phenoxy) is 2. The molecule has 32 heavy (non-hydrogen) atoms. The fourth-order valence-corrected chi connectivity index (χ4v) is 4.61. The van der Waals surface area contributed by atoms with Gasteiger partial charge in [-0.15, -0.1) is 0 Å². The number of benzene rings is 3. The van der Waals surface area contributed by atoms with Crippen LogP contribution in [-0.4, -0.2) is 12.2 Å². The number of hydrogen-bond acceptors (Lipinski definition) is 2. The second-order valence-electron chi connectivity index (χ2n) is 8.53. The third kappa shape index (κ3) is 6.20. The lowest BCUT2D eigenvalue weighted by Gasteiger charge is -2.29. The molecule has 0 amide bonds. The fraction of sp³-hybridized carbons (Fsp3) is 0.357. The molecule has 1 aliphatic carbocycles. The molecule has 168 valence electrons. The third-order valence-corrected chi connectivity index (χ3v) is 6.59. The lowest BCUT2D eigenvalue weighted by molar-refractivity contribution is -0.00661. The normalized spacial score (nSPS) is 18.5. The molecule has 4 rings (SSSR count). The molecule has 2 nitrogen and oxygen atoms in total. The second kappa shape index (κ2) is 11.1. The summed E-state index contributed by atoms with van der Waals surface area (Å²) in [6.07, 6.45) is 6.47. The van der Waals surface area contributed by atoms with Crippen molar-refractivity contribution in [3.05, 3.63) is 88.1 Å². The van der Waals surface area contributed by atoms with E-state index in [0.29, 0.717) is 6.61 Å². The van der Waals surface area contributed by atoms with E-state index in [0.717, 1.165) is 59.9 Å².